The minimum atomic E-state index is -0.207. The number of carbonyl (C=O) groups is 1. The zero-order valence-electron chi connectivity index (χ0n) is 18.4. The predicted molar refractivity (Wildman–Crippen MR) is 119 cm³/mol. The Morgan fingerprint density at radius 1 is 1.28 bits per heavy atom. The minimum Gasteiger partial charge on any atom is -0.506 e. The number of carbonyl (C=O) groups excluding carboxylic acids is 1. The molecule has 1 aliphatic heterocycles. The van der Waals surface area contributed by atoms with E-state index < -0.39 is 0 Å². The molecule has 0 aliphatic carbocycles. The number of aromatic hydroxyl groups is 1. The van der Waals surface area contributed by atoms with E-state index in [0.717, 1.165) is 5.56 Å². The molecule has 1 fully saturated rings. The third-order valence-corrected chi connectivity index (χ3v) is 5.72. The smallest absolute Gasteiger partial charge is 0.266 e. The fourth-order valence-corrected chi connectivity index (χ4v) is 3.79. The van der Waals surface area contributed by atoms with Crippen LogP contribution in [0.15, 0.2) is 45.4 Å². The molecular formula is C24H26N4O4. The van der Waals surface area contributed by atoms with E-state index in [1.807, 2.05) is 17.0 Å². The molecule has 2 aromatic heterocycles. The lowest BCUT2D eigenvalue weighted by Crippen LogP contribution is -2.38. The first kappa shape index (κ1) is 21.5. The number of anilines is 2. The molecule has 1 aliphatic rings. The molecule has 32 heavy (non-hydrogen) atoms. The maximum atomic E-state index is 12.9. The largest absolute Gasteiger partial charge is 0.506 e. The van der Waals surface area contributed by atoms with E-state index in [-0.39, 0.29) is 34.6 Å². The molecule has 4 rings (SSSR count). The molecule has 1 amide bonds. The Morgan fingerprint density at radius 3 is 2.66 bits per heavy atom. The second kappa shape index (κ2) is 8.42. The van der Waals surface area contributed by atoms with Crippen LogP contribution in [0.25, 0.3) is 11.7 Å². The SMILES string of the molecule is CC(C)(C)c1ccc(O)c(NC(=O)C2CCN(c3oc(-c4ccco4)nc3C#N)CC2)c1. The first-order valence-corrected chi connectivity index (χ1v) is 10.6. The number of aromatic nitrogens is 1. The number of hydrogen-bond acceptors (Lipinski definition) is 7. The molecule has 166 valence electrons. The number of nitrogens with one attached hydrogen (secondary N) is 1. The molecule has 8 nitrogen and oxygen atoms in total. The van der Waals surface area contributed by atoms with Gasteiger partial charge in [0.25, 0.3) is 5.89 Å². The van der Waals surface area contributed by atoms with Gasteiger partial charge in [-0.15, -0.1) is 0 Å². The van der Waals surface area contributed by atoms with E-state index >= 15 is 0 Å². The van der Waals surface area contributed by atoms with E-state index in [1.54, 1.807) is 18.2 Å². The average molecular weight is 434 g/mol. The first-order chi connectivity index (χ1) is 15.3. The number of nitrogens with zero attached hydrogens (tertiary/aromatic N) is 3. The Balaban J connectivity index is 1.42. The van der Waals surface area contributed by atoms with Gasteiger partial charge in [-0.2, -0.15) is 10.2 Å². The molecule has 0 saturated carbocycles. The van der Waals surface area contributed by atoms with Crippen molar-refractivity contribution in [1.82, 2.24) is 4.98 Å². The maximum absolute atomic E-state index is 12.9. The summed E-state index contributed by atoms with van der Waals surface area (Å²) in [6, 6.07) is 10.8. The van der Waals surface area contributed by atoms with Gasteiger partial charge in [-0.3, -0.25) is 4.79 Å². The van der Waals surface area contributed by atoms with Gasteiger partial charge in [0, 0.05) is 19.0 Å². The van der Waals surface area contributed by atoms with Crippen molar-refractivity contribution in [1.29, 1.82) is 5.26 Å². The van der Waals surface area contributed by atoms with Crippen molar-refractivity contribution in [3.63, 3.8) is 0 Å². The molecule has 0 spiro atoms. The molecule has 3 aromatic rings. The Labute approximate surface area is 186 Å². The molecular weight excluding hydrogens is 408 g/mol. The summed E-state index contributed by atoms with van der Waals surface area (Å²) >= 11 is 0. The van der Waals surface area contributed by atoms with Gasteiger partial charge in [0.15, 0.2) is 5.76 Å². The third kappa shape index (κ3) is 4.33. The molecule has 1 saturated heterocycles. The van der Waals surface area contributed by atoms with Crippen LogP contribution in [-0.2, 0) is 10.2 Å². The number of hydrogen-bond donors (Lipinski definition) is 2. The third-order valence-electron chi connectivity index (χ3n) is 5.72. The summed E-state index contributed by atoms with van der Waals surface area (Å²) in [5, 5.41) is 22.5. The molecule has 8 heteroatoms. The molecule has 0 bridgehead atoms. The van der Waals surface area contributed by atoms with Crippen LogP contribution in [0.3, 0.4) is 0 Å². The molecule has 3 heterocycles. The summed E-state index contributed by atoms with van der Waals surface area (Å²) in [5.74, 6) is 0.833. The van der Waals surface area contributed by atoms with Gasteiger partial charge in [-0.05, 0) is 48.1 Å². The fourth-order valence-electron chi connectivity index (χ4n) is 3.79. The van der Waals surface area contributed by atoms with Crippen molar-refractivity contribution in [3.05, 3.63) is 47.9 Å². The van der Waals surface area contributed by atoms with E-state index in [2.05, 4.69) is 37.1 Å². The van der Waals surface area contributed by atoms with Crippen LogP contribution in [-0.4, -0.2) is 29.1 Å². The highest BCUT2D eigenvalue weighted by Crippen LogP contribution is 2.33. The highest BCUT2D eigenvalue weighted by molar-refractivity contribution is 5.94. The normalized spacial score (nSPS) is 14.9. The Morgan fingerprint density at radius 2 is 2.03 bits per heavy atom. The summed E-state index contributed by atoms with van der Waals surface area (Å²) < 4.78 is 11.1. The summed E-state index contributed by atoms with van der Waals surface area (Å²) in [6.45, 7) is 7.34. The van der Waals surface area contributed by atoms with Gasteiger partial charge >= 0.3 is 0 Å². The first-order valence-electron chi connectivity index (χ1n) is 10.6. The maximum Gasteiger partial charge on any atom is 0.266 e. The lowest BCUT2D eigenvalue weighted by molar-refractivity contribution is -0.120. The lowest BCUT2D eigenvalue weighted by atomic mass is 9.86. The number of benzene rings is 1. The van der Waals surface area contributed by atoms with Crippen molar-refractivity contribution in [2.45, 2.75) is 39.0 Å². The van der Waals surface area contributed by atoms with Gasteiger partial charge in [0.05, 0.1) is 12.0 Å². The van der Waals surface area contributed by atoms with Crippen LogP contribution in [0, 0.1) is 17.2 Å². The second-order valence-corrected chi connectivity index (χ2v) is 8.99. The van der Waals surface area contributed by atoms with E-state index in [0.29, 0.717) is 43.3 Å². The number of phenolic OH excluding ortho intramolecular Hbond substituents is 1. The molecule has 1 aromatic carbocycles. The van der Waals surface area contributed by atoms with Crippen molar-refractivity contribution >= 4 is 17.5 Å². The quantitative estimate of drug-likeness (QED) is 0.574. The van der Waals surface area contributed by atoms with Crippen LogP contribution >= 0.6 is 0 Å². The van der Waals surface area contributed by atoms with Gasteiger partial charge in [-0.1, -0.05) is 26.8 Å². The zero-order valence-corrected chi connectivity index (χ0v) is 18.4. The average Bonchev–Trinajstić information content (AvgIpc) is 3.44. The number of nitriles is 1. The van der Waals surface area contributed by atoms with Gasteiger partial charge in [0.1, 0.15) is 11.8 Å². The number of oxazole rings is 1. The van der Waals surface area contributed by atoms with Gasteiger partial charge in [0.2, 0.25) is 17.5 Å². The van der Waals surface area contributed by atoms with Crippen molar-refractivity contribution < 1.29 is 18.7 Å². The van der Waals surface area contributed by atoms with Crippen LogP contribution in [0.2, 0.25) is 0 Å². The highest BCUT2D eigenvalue weighted by Gasteiger charge is 2.30. The fraction of sp³-hybridized carbons (Fsp3) is 0.375. The standard InChI is InChI=1S/C24H26N4O4/c1-24(2,3)16-6-7-19(29)17(13-16)26-21(30)15-8-10-28(11-9-15)23-18(14-25)27-22(32-23)20-5-4-12-31-20/h4-7,12-13,15,29H,8-11H2,1-3H3,(H,26,30). The van der Waals surface area contributed by atoms with Crippen molar-refractivity contribution in [2.75, 3.05) is 23.3 Å². The Hall–Kier alpha value is -3.73. The lowest BCUT2D eigenvalue weighted by Gasteiger charge is -2.31. The summed E-state index contributed by atoms with van der Waals surface area (Å²) in [7, 11) is 0. The predicted octanol–water partition coefficient (Wildman–Crippen LogP) is 4.66. The second-order valence-electron chi connectivity index (χ2n) is 8.99. The Bertz CT molecular complexity index is 1140. The van der Waals surface area contributed by atoms with Crippen LogP contribution < -0.4 is 10.2 Å². The summed E-state index contributed by atoms with van der Waals surface area (Å²) in [5.41, 5.74) is 1.56. The van der Waals surface area contributed by atoms with Crippen molar-refractivity contribution in [3.8, 4) is 23.5 Å². The highest BCUT2D eigenvalue weighted by atomic mass is 16.4. The molecule has 2 N–H and O–H groups in total. The summed E-state index contributed by atoms with van der Waals surface area (Å²) in [4.78, 5) is 19.0. The van der Waals surface area contributed by atoms with Crippen molar-refractivity contribution in [2.24, 2.45) is 5.92 Å². The Kier molecular flexibility index (Phi) is 5.66. The molecule has 0 unspecified atom stereocenters. The van der Waals surface area contributed by atoms with Crippen LogP contribution in [0.4, 0.5) is 11.6 Å². The molecule has 0 radical (unpaired) electrons. The monoisotopic (exact) mass is 434 g/mol. The summed E-state index contributed by atoms with van der Waals surface area (Å²) in [6.07, 6.45) is 2.70. The number of furan rings is 1. The molecule has 0 atom stereocenters. The number of piperidine rings is 1. The van der Waals surface area contributed by atoms with Gasteiger partial charge < -0.3 is 24.2 Å². The minimum absolute atomic E-state index is 0.0505. The van der Waals surface area contributed by atoms with E-state index in [4.69, 9.17) is 8.83 Å². The van der Waals surface area contributed by atoms with E-state index in [9.17, 15) is 15.2 Å². The number of rotatable bonds is 4. The van der Waals surface area contributed by atoms with Crippen LogP contribution in [0.1, 0.15) is 44.9 Å². The van der Waals surface area contributed by atoms with E-state index in [1.165, 1.54) is 6.26 Å². The zero-order chi connectivity index (χ0) is 22.9. The van der Waals surface area contributed by atoms with Gasteiger partial charge in [-0.25, -0.2) is 0 Å². The topological polar surface area (TPSA) is 116 Å². The van der Waals surface area contributed by atoms with Crippen LogP contribution in [0.5, 0.6) is 5.75 Å². The number of amides is 1. The number of phenols is 1.